The molecule has 0 bridgehead atoms. The lowest BCUT2D eigenvalue weighted by atomic mass is 9.97. The summed E-state index contributed by atoms with van der Waals surface area (Å²) < 4.78 is 7.52. The van der Waals surface area contributed by atoms with E-state index in [1.54, 1.807) is 0 Å². The number of hydrogen-bond donors (Lipinski definition) is 0. The molecule has 0 saturated carbocycles. The highest BCUT2D eigenvalue weighted by atomic mass is 32.1. The molecule has 0 aliphatic heterocycles. The average molecular weight is 743 g/mol. The van der Waals surface area contributed by atoms with Crippen molar-refractivity contribution in [1.82, 2.24) is 9.13 Å². The second kappa shape index (κ2) is 12.7. The molecule has 0 saturated heterocycles. The molecule has 266 valence electrons. The molecular weight excluding hydrogens is 709 g/mol. The highest BCUT2D eigenvalue weighted by molar-refractivity contribution is 7.26. The fraction of sp³-hybridized carbons (Fsp3) is 0. The lowest BCUT2D eigenvalue weighted by molar-refractivity contribution is 1.18. The Balaban J connectivity index is 1.09. The Labute approximate surface area is 333 Å². The number of fused-ring (bicyclic) bond motifs is 10. The summed E-state index contributed by atoms with van der Waals surface area (Å²) in [6.45, 7) is 0. The van der Waals surface area contributed by atoms with Crippen molar-refractivity contribution in [2.45, 2.75) is 0 Å². The van der Waals surface area contributed by atoms with Crippen LogP contribution in [0.3, 0.4) is 0 Å². The van der Waals surface area contributed by atoms with Gasteiger partial charge in [-0.2, -0.15) is 0 Å². The number of aromatic nitrogens is 2. The van der Waals surface area contributed by atoms with Gasteiger partial charge in [0.25, 0.3) is 0 Å². The molecule has 9 aromatic carbocycles. The van der Waals surface area contributed by atoms with E-state index in [1.807, 2.05) is 11.3 Å². The Bertz CT molecular complexity index is 3480. The summed E-state index contributed by atoms with van der Waals surface area (Å²) in [5.41, 5.74) is 14.6. The fourth-order valence-corrected chi connectivity index (χ4v) is 10.3. The van der Waals surface area contributed by atoms with Crippen molar-refractivity contribution in [3.8, 4) is 44.8 Å². The van der Waals surface area contributed by atoms with Gasteiger partial charge in [0.1, 0.15) is 0 Å². The van der Waals surface area contributed by atoms with Gasteiger partial charge in [-0.15, -0.1) is 11.3 Å². The molecule has 0 spiro atoms. The SMILES string of the molecule is c1ccc(-c2ccc(-n3c4ccccc4c4cc(-c5cc6c7ccccc7n(-c7ccc(-c8ccccc8)cc7)c6c6c5sc5ccccc56)ccc43)cc2)cc1. The number of para-hydroxylation sites is 2. The maximum atomic E-state index is 2.49. The van der Waals surface area contributed by atoms with Crippen molar-refractivity contribution in [2.75, 3.05) is 0 Å². The first-order valence-electron chi connectivity index (χ1n) is 19.5. The standard InChI is InChI=1S/C54H34N2S/c1-3-13-35(14-4-1)37-23-28-40(29-24-37)55-48-20-10-7-17-42(48)46-33-39(27-32-50(46)55)45-34-47-43-18-8-11-21-49(43)56(41-30-25-38(26-31-41)36-15-5-2-6-16-36)53(47)52-44-19-9-12-22-51(44)57-54(45)52/h1-34H. The third-order valence-electron chi connectivity index (χ3n) is 11.7. The Morgan fingerprint density at radius 1 is 0.316 bits per heavy atom. The van der Waals surface area contributed by atoms with Crippen LogP contribution in [0.1, 0.15) is 0 Å². The zero-order valence-corrected chi connectivity index (χ0v) is 31.7. The summed E-state index contributed by atoms with van der Waals surface area (Å²) >= 11 is 1.90. The summed E-state index contributed by atoms with van der Waals surface area (Å²) in [6, 6.07) is 75.5. The van der Waals surface area contributed by atoms with Crippen molar-refractivity contribution < 1.29 is 0 Å². The minimum Gasteiger partial charge on any atom is -0.309 e. The number of nitrogens with zero attached hydrogens (tertiary/aromatic N) is 2. The molecular formula is C54H34N2S. The van der Waals surface area contributed by atoms with Crippen molar-refractivity contribution >= 4 is 75.1 Å². The molecule has 2 nitrogen and oxygen atoms in total. The molecule has 3 heterocycles. The Hall–Kier alpha value is -7.20. The lowest BCUT2D eigenvalue weighted by Gasteiger charge is -2.12. The van der Waals surface area contributed by atoms with Crippen LogP contribution >= 0.6 is 11.3 Å². The van der Waals surface area contributed by atoms with Crippen LogP contribution in [0.25, 0.3) is 109 Å². The summed E-state index contributed by atoms with van der Waals surface area (Å²) in [5.74, 6) is 0. The van der Waals surface area contributed by atoms with Gasteiger partial charge in [-0.05, 0) is 88.5 Å². The van der Waals surface area contributed by atoms with Gasteiger partial charge in [-0.1, -0.05) is 146 Å². The van der Waals surface area contributed by atoms with Gasteiger partial charge in [-0.3, -0.25) is 0 Å². The van der Waals surface area contributed by atoms with E-state index in [-0.39, 0.29) is 0 Å². The predicted octanol–water partition coefficient (Wildman–Crippen LogP) is 15.2. The number of hydrogen-bond acceptors (Lipinski definition) is 1. The van der Waals surface area contributed by atoms with Gasteiger partial charge in [0, 0.05) is 58.7 Å². The second-order valence-corrected chi connectivity index (χ2v) is 15.9. The first kappa shape index (κ1) is 32.1. The highest BCUT2D eigenvalue weighted by Crippen LogP contribution is 2.48. The van der Waals surface area contributed by atoms with Crippen LogP contribution in [0, 0.1) is 0 Å². The zero-order chi connectivity index (χ0) is 37.5. The minimum absolute atomic E-state index is 1.16. The highest BCUT2D eigenvalue weighted by Gasteiger charge is 2.22. The van der Waals surface area contributed by atoms with E-state index in [9.17, 15) is 0 Å². The topological polar surface area (TPSA) is 9.86 Å². The second-order valence-electron chi connectivity index (χ2n) is 14.9. The van der Waals surface area contributed by atoms with Crippen LogP contribution in [-0.2, 0) is 0 Å². The van der Waals surface area contributed by atoms with Gasteiger partial charge >= 0.3 is 0 Å². The molecule has 0 radical (unpaired) electrons. The average Bonchev–Trinajstić information content (AvgIpc) is 3.95. The molecule has 0 fully saturated rings. The van der Waals surface area contributed by atoms with Gasteiger partial charge < -0.3 is 9.13 Å². The van der Waals surface area contributed by atoms with Crippen molar-refractivity contribution in [3.63, 3.8) is 0 Å². The zero-order valence-electron chi connectivity index (χ0n) is 30.9. The molecule has 3 heteroatoms. The molecule has 0 unspecified atom stereocenters. The van der Waals surface area contributed by atoms with E-state index in [0.29, 0.717) is 0 Å². The molecule has 0 aliphatic carbocycles. The van der Waals surface area contributed by atoms with E-state index in [1.165, 1.54) is 97.2 Å². The minimum atomic E-state index is 1.16. The normalized spacial score (nSPS) is 11.9. The molecule has 0 amide bonds. The van der Waals surface area contributed by atoms with Gasteiger partial charge in [-0.25, -0.2) is 0 Å². The Kier molecular flexibility index (Phi) is 7.13. The van der Waals surface area contributed by atoms with Crippen molar-refractivity contribution in [3.05, 3.63) is 206 Å². The van der Waals surface area contributed by atoms with Crippen LogP contribution in [0.2, 0.25) is 0 Å². The van der Waals surface area contributed by atoms with Crippen molar-refractivity contribution in [1.29, 1.82) is 0 Å². The molecule has 0 aliphatic rings. The largest absolute Gasteiger partial charge is 0.309 e. The van der Waals surface area contributed by atoms with E-state index < -0.39 is 0 Å². The van der Waals surface area contributed by atoms with Gasteiger partial charge in [0.05, 0.1) is 22.1 Å². The monoisotopic (exact) mass is 742 g/mol. The maximum absolute atomic E-state index is 2.49. The first-order valence-corrected chi connectivity index (χ1v) is 20.3. The summed E-state index contributed by atoms with van der Waals surface area (Å²) in [4.78, 5) is 0. The number of thiophene rings is 1. The van der Waals surface area contributed by atoms with E-state index in [0.717, 1.165) is 11.4 Å². The number of benzene rings is 9. The Morgan fingerprint density at radius 3 is 1.44 bits per heavy atom. The quantitative estimate of drug-likeness (QED) is 0.166. The summed E-state index contributed by atoms with van der Waals surface area (Å²) in [5, 5.41) is 7.65. The van der Waals surface area contributed by atoms with E-state index in [4.69, 9.17) is 0 Å². The van der Waals surface area contributed by atoms with Crippen molar-refractivity contribution in [2.24, 2.45) is 0 Å². The molecule has 12 aromatic rings. The summed E-state index contributed by atoms with van der Waals surface area (Å²) in [6.07, 6.45) is 0. The Morgan fingerprint density at radius 2 is 0.789 bits per heavy atom. The molecule has 12 rings (SSSR count). The van der Waals surface area contributed by atoms with E-state index >= 15 is 0 Å². The molecule has 57 heavy (non-hydrogen) atoms. The van der Waals surface area contributed by atoms with Crippen LogP contribution in [-0.4, -0.2) is 9.13 Å². The maximum Gasteiger partial charge on any atom is 0.0634 e. The number of rotatable bonds is 5. The molecule has 0 atom stereocenters. The molecule has 3 aromatic heterocycles. The smallest absolute Gasteiger partial charge is 0.0634 e. The first-order chi connectivity index (χ1) is 28.3. The van der Waals surface area contributed by atoms with Crippen LogP contribution in [0.15, 0.2) is 206 Å². The van der Waals surface area contributed by atoms with Crippen LogP contribution < -0.4 is 0 Å². The lowest BCUT2D eigenvalue weighted by Crippen LogP contribution is -1.95. The van der Waals surface area contributed by atoms with Crippen LogP contribution in [0.5, 0.6) is 0 Å². The summed E-state index contributed by atoms with van der Waals surface area (Å²) in [7, 11) is 0. The third kappa shape index (κ3) is 4.96. The predicted molar refractivity (Wildman–Crippen MR) is 244 cm³/mol. The van der Waals surface area contributed by atoms with E-state index in [2.05, 4.69) is 215 Å². The fourth-order valence-electron chi connectivity index (χ4n) is 9.11. The van der Waals surface area contributed by atoms with Crippen LogP contribution in [0.4, 0.5) is 0 Å². The third-order valence-corrected chi connectivity index (χ3v) is 12.9. The molecule has 0 N–H and O–H groups in total. The van der Waals surface area contributed by atoms with Gasteiger partial charge in [0.15, 0.2) is 0 Å². The van der Waals surface area contributed by atoms with Gasteiger partial charge in [0.2, 0.25) is 0 Å².